The van der Waals surface area contributed by atoms with Gasteiger partial charge in [-0.05, 0) is 41.3 Å². The molecule has 0 saturated heterocycles. The maximum Gasteiger partial charge on any atom is 0.258 e. The number of aryl methyl sites for hydroxylation is 1. The van der Waals surface area contributed by atoms with Gasteiger partial charge in [-0.15, -0.1) is 0 Å². The Labute approximate surface area is 156 Å². The molecule has 3 aromatic rings. The summed E-state index contributed by atoms with van der Waals surface area (Å²) in [6, 6.07) is 13.1. The van der Waals surface area contributed by atoms with E-state index in [4.69, 9.17) is 9.47 Å². The van der Waals surface area contributed by atoms with Crippen LogP contribution in [0.1, 0.15) is 21.5 Å². The molecule has 0 amide bonds. The number of aromatic nitrogens is 1. The lowest BCUT2D eigenvalue weighted by Crippen LogP contribution is -2.19. The first kappa shape index (κ1) is 17.1. The van der Waals surface area contributed by atoms with E-state index >= 15 is 0 Å². The van der Waals surface area contributed by atoms with Gasteiger partial charge in [-0.1, -0.05) is 18.2 Å². The quantitative estimate of drug-likeness (QED) is 0.671. The van der Waals surface area contributed by atoms with E-state index in [-0.39, 0.29) is 11.3 Å². The summed E-state index contributed by atoms with van der Waals surface area (Å²) in [4.78, 5) is 25.6. The first-order chi connectivity index (χ1) is 13.0. The summed E-state index contributed by atoms with van der Waals surface area (Å²) in [6.07, 6.45) is 2.17. The first-order valence-corrected chi connectivity index (χ1v) is 8.62. The number of hydrogen-bond acceptors (Lipinski definition) is 4. The number of rotatable bonds is 3. The van der Waals surface area contributed by atoms with E-state index in [1.54, 1.807) is 38.0 Å². The second kappa shape index (κ2) is 6.43. The molecule has 4 rings (SSSR count). The monoisotopic (exact) mass is 361 g/mol. The molecule has 136 valence electrons. The Hall–Kier alpha value is -3.34. The summed E-state index contributed by atoms with van der Waals surface area (Å²) in [5.41, 5.74) is 3.30. The predicted octanol–water partition coefficient (Wildman–Crippen LogP) is 3.38. The third kappa shape index (κ3) is 2.72. The summed E-state index contributed by atoms with van der Waals surface area (Å²) in [6.45, 7) is 0. The second-order valence-corrected chi connectivity index (χ2v) is 6.56. The van der Waals surface area contributed by atoms with Gasteiger partial charge in [-0.3, -0.25) is 9.59 Å². The van der Waals surface area contributed by atoms with Gasteiger partial charge in [-0.25, -0.2) is 0 Å². The highest BCUT2D eigenvalue weighted by Gasteiger charge is 2.27. The number of fused-ring (bicyclic) bond motifs is 2. The van der Waals surface area contributed by atoms with Gasteiger partial charge in [0.25, 0.3) is 5.56 Å². The largest absolute Gasteiger partial charge is 0.493 e. The minimum absolute atomic E-state index is 0.0823. The van der Waals surface area contributed by atoms with Gasteiger partial charge in [0.05, 0.1) is 19.7 Å². The van der Waals surface area contributed by atoms with Crippen LogP contribution < -0.4 is 15.0 Å². The van der Waals surface area contributed by atoms with Gasteiger partial charge in [0.1, 0.15) is 0 Å². The average Bonchev–Trinajstić information content (AvgIpc) is 2.99. The molecule has 0 radical (unpaired) electrons. The molecule has 27 heavy (non-hydrogen) atoms. The van der Waals surface area contributed by atoms with E-state index in [1.807, 2.05) is 36.4 Å². The third-order valence-corrected chi connectivity index (χ3v) is 5.02. The molecule has 0 N–H and O–H groups in total. The number of pyridine rings is 1. The van der Waals surface area contributed by atoms with Crippen molar-refractivity contribution in [3.63, 3.8) is 0 Å². The molecule has 2 aromatic carbocycles. The molecule has 0 fully saturated rings. The van der Waals surface area contributed by atoms with E-state index in [9.17, 15) is 9.59 Å². The molecule has 1 heterocycles. The summed E-state index contributed by atoms with van der Waals surface area (Å²) in [5, 5.41) is 0.956. The van der Waals surface area contributed by atoms with Gasteiger partial charge in [0.15, 0.2) is 17.3 Å². The van der Waals surface area contributed by atoms with Crippen molar-refractivity contribution in [1.82, 2.24) is 4.57 Å². The van der Waals surface area contributed by atoms with Crippen molar-refractivity contribution in [2.24, 2.45) is 7.05 Å². The number of Topliss-reactive ketones (excluding diaryl/α,β-unsaturated/α-hetero) is 1. The van der Waals surface area contributed by atoms with Crippen molar-refractivity contribution in [2.45, 2.75) is 6.42 Å². The van der Waals surface area contributed by atoms with Crippen LogP contribution >= 0.6 is 0 Å². The Morgan fingerprint density at radius 2 is 1.70 bits per heavy atom. The van der Waals surface area contributed by atoms with Crippen LogP contribution in [0, 0.1) is 0 Å². The molecule has 0 atom stereocenters. The molecule has 0 bridgehead atoms. The fourth-order valence-electron chi connectivity index (χ4n) is 3.59. The molecule has 1 aromatic heterocycles. The van der Waals surface area contributed by atoms with Crippen LogP contribution in [0.15, 0.2) is 52.8 Å². The van der Waals surface area contributed by atoms with Crippen LogP contribution in [0.3, 0.4) is 0 Å². The SMILES string of the molecule is COc1cc2c(cc1OC)C(=O)/C(=C/c1cc3ccccc3n(C)c1=O)C2. The van der Waals surface area contributed by atoms with Crippen LogP contribution in [-0.4, -0.2) is 24.6 Å². The number of benzene rings is 2. The van der Waals surface area contributed by atoms with Gasteiger partial charge < -0.3 is 14.0 Å². The van der Waals surface area contributed by atoms with Crippen molar-refractivity contribution in [3.05, 3.63) is 75.1 Å². The highest BCUT2D eigenvalue weighted by molar-refractivity contribution is 6.16. The lowest BCUT2D eigenvalue weighted by atomic mass is 10.1. The number of ketones is 1. The minimum Gasteiger partial charge on any atom is -0.493 e. The number of methoxy groups -OCH3 is 2. The van der Waals surface area contributed by atoms with Crippen molar-refractivity contribution in [3.8, 4) is 11.5 Å². The van der Waals surface area contributed by atoms with Crippen LogP contribution in [-0.2, 0) is 13.5 Å². The number of nitrogens with zero attached hydrogens (tertiary/aromatic N) is 1. The van der Waals surface area contributed by atoms with Crippen molar-refractivity contribution >= 4 is 22.8 Å². The molecule has 0 aliphatic heterocycles. The number of ether oxygens (including phenoxy) is 2. The van der Waals surface area contributed by atoms with E-state index < -0.39 is 0 Å². The Morgan fingerprint density at radius 1 is 1.00 bits per heavy atom. The Morgan fingerprint density at radius 3 is 2.44 bits per heavy atom. The average molecular weight is 361 g/mol. The Balaban J connectivity index is 1.82. The second-order valence-electron chi connectivity index (χ2n) is 6.56. The van der Waals surface area contributed by atoms with E-state index in [0.29, 0.717) is 34.6 Å². The number of carbonyl (C=O) groups excluding carboxylic acids is 1. The number of para-hydroxylation sites is 1. The summed E-state index contributed by atoms with van der Waals surface area (Å²) < 4.78 is 12.2. The molecule has 5 heteroatoms. The zero-order valence-electron chi connectivity index (χ0n) is 15.4. The maximum absolute atomic E-state index is 12.9. The molecule has 0 spiro atoms. The van der Waals surface area contributed by atoms with Crippen LogP contribution in [0.5, 0.6) is 11.5 Å². The van der Waals surface area contributed by atoms with Crippen molar-refractivity contribution in [1.29, 1.82) is 0 Å². The fourth-order valence-corrected chi connectivity index (χ4v) is 3.59. The van der Waals surface area contributed by atoms with Crippen LogP contribution in [0.2, 0.25) is 0 Å². The fraction of sp³-hybridized carbons (Fsp3) is 0.182. The Kier molecular flexibility index (Phi) is 4.07. The molecular weight excluding hydrogens is 342 g/mol. The lowest BCUT2D eigenvalue weighted by Gasteiger charge is -2.08. The summed E-state index contributed by atoms with van der Waals surface area (Å²) in [7, 11) is 4.85. The van der Waals surface area contributed by atoms with Gasteiger partial charge in [0.2, 0.25) is 0 Å². The van der Waals surface area contributed by atoms with E-state index in [1.165, 1.54) is 0 Å². The standard InChI is InChI=1S/C22H19NO4/c1-23-18-7-5-4-6-13(18)8-16(22(23)25)10-15-9-14-11-19(26-2)20(27-3)12-17(14)21(15)24/h4-8,10-12H,9H2,1-3H3/b15-10+. The maximum atomic E-state index is 12.9. The minimum atomic E-state index is -0.125. The third-order valence-electron chi connectivity index (χ3n) is 5.02. The van der Waals surface area contributed by atoms with Crippen LogP contribution in [0.4, 0.5) is 0 Å². The van der Waals surface area contributed by atoms with Gasteiger partial charge in [0, 0.05) is 30.2 Å². The highest BCUT2D eigenvalue weighted by atomic mass is 16.5. The number of hydrogen-bond donors (Lipinski definition) is 0. The number of carbonyl (C=O) groups is 1. The molecule has 5 nitrogen and oxygen atoms in total. The molecule has 1 aliphatic rings. The predicted molar refractivity (Wildman–Crippen MR) is 105 cm³/mol. The Bertz CT molecular complexity index is 1170. The molecule has 0 saturated carbocycles. The lowest BCUT2D eigenvalue weighted by molar-refractivity contribution is 0.104. The zero-order valence-corrected chi connectivity index (χ0v) is 15.4. The first-order valence-electron chi connectivity index (χ1n) is 8.62. The smallest absolute Gasteiger partial charge is 0.258 e. The van der Waals surface area contributed by atoms with E-state index in [0.717, 1.165) is 16.5 Å². The van der Waals surface area contributed by atoms with Gasteiger partial charge in [-0.2, -0.15) is 0 Å². The van der Waals surface area contributed by atoms with Crippen molar-refractivity contribution in [2.75, 3.05) is 14.2 Å². The van der Waals surface area contributed by atoms with Gasteiger partial charge >= 0.3 is 0 Å². The number of allylic oxidation sites excluding steroid dienone is 1. The summed E-state index contributed by atoms with van der Waals surface area (Å²) in [5.74, 6) is 1.03. The normalized spacial score (nSPS) is 14.6. The molecule has 1 aliphatic carbocycles. The molecule has 0 unspecified atom stereocenters. The van der Waals surface area contributed by atoms with Crippen molar-refractivity contribution < 1.29 is 14.3 Å². The van der Waals surface area contributed by atoms with E-state index in [2.05, 4.69) is 0 Å². The highest BCUT2D eigenvalue weighted by Crippen LogP contribution is 2.36. The van der Waals surface area contributed by atoms with Crippen LogP contribution in [0.25, 0.3) is 17.0 Å². The summed E-state index contributed by atoms with van der Waals surface area (Å²) >= 11 is 0. The topological polar surface area (TPSA) is 57.5 Å². The molecular formula is C22H19NO4. The zero-order chi connectivity index (χ0) is 19.1.